The van der Waals surface area contributed by atoms with Gasteiger partial charge in [-0.2, -0.15) is 0 Å². The van der Waals surface area contributed by atoms with Crippen molar-refractivity contribution < 1.29 is 23.5 Å². The van der Waals surface area contributed by atoms with Crippen LogP contribution in [0, 0.1) is 5.82 Å². The van der Waals surface area contributed by atoms with Gasteiger partial charge in [0.05, 0.1) is 5.75 Å². The van der Waals surface area contributed by atoms with E-state index in [1.165, 1.54) is 43.0 Å². The minimum Gasteiger partial charge on any atom is -0.481 e. The molecule has 1 saturated heterocycles. The number of amides is 3. The molecule has 1 aliphatic heterocycles. The molecule has 1 heterocycles. The summed E-state index contributed by atoms with van der Waals surface area (Å²) in [6.07, 6.45) is 0.531. The fraction of sp³-hybridized carbons (Fsp3) is 0.412. The number of carbonyl (C=O) groups excluding carboxylic acids is 3. The normalized spacial score (nSPS) is 14.8. The van der Waals surface area contributed by atoms with Crippen LogP contribution in [0.2, 0.25) is 0 Å². The van der Waals surface area contributed by atoms with Crippen LogP contribution in [0.4, 0.5) is 4.39 Å². The van der Waals surface area contributed by atoms with Crippen molar-refractivity contribution in [2.75, 3.05) is 12.3 Å². The maximum Gasteiger partial charge on any atom is 0.279 e. The summed E-state index contributed by atoms with van der Waals surface area (Å²) in [5, 5.41) is 0. The number of hydrazine groups is 1. The molecule has 7 nitrogen and oxygen atoms in total. The Morgan fingerprint density at radius 2 is 2.00 bits per heavy atom. The molecule has 2 rings (SSSR count). The molecule has 1 aliphatic rings. The van der Waals surface area contributed by atoms with Crippen LogP contribution in [0.3, 0.4) is 0 Å². The van der Waals surface area contributed by atoms with Crippen molar-refractivity contribution in [1.82, 2.24) is 15.8 Å². The van der Waals surface area contributed by atoms with Crippen LogP contribution >= 0.6 is 24.0 Å². The summed E-state index contributed by atoms with van der Waals surface area (Å²) in [7, 11) is 0. The van der Waals surface area contributed by atoms with E-state index in [2.05, 4.69) is 10.9 Å². The number of nitrogens with one attached hydrogen (secondary N) is 2. The lowest BCUT2D eigenvalue weighted by molar-refractivity contribution is -0.132. The standard InChI is InChI=1S/C17H20FN3O4S2/c1-11(25-13-7-5-12(18)6-8-13)16(24)20-19-14(22)4-2-3-9-21-15(23)10-27-17(21)26/h5-8,11H,2-4,9-10H2,1H3,(H,19,22)(H,20,24)/t11-/m0/s1. The number of benzene rings is 1. The second-order valence-corrected chi connectivity index (χ2v) is 7.42. The first-order valence-corrected chi connectivity index (χ1v) is 9.74. The van der Waals surface area contributed by atoms with Gasteiger partial charge in [-0.3, -0.25) is 30.1 Å². The van der Waals surface area contributed by atoms with Crippen LogP contribution in [-0.4, -0.2) is 45.3 Å². The number of carbonyl (C=O) groups is 3. The van der Waals surface area contributed by atoms with E-state index in [0.717, 1.165) is 0 Å². The van der Waals surface area contributed by atoms with Crippen molar-refractivity contribution in [2.24, 2.45) is 0 Å². The molecule has 1 atom stereocenters. The summed E-state index contributed by atoms with van der Waals surface area (Å²) >= 11 is 6.42. The third-order valence-electron chi connectivity index (χ3n) is 3.70. The number of hydrogen-bond acceptors (Lipinski definition) is 6. The van der Waals surface area contributed by atoms with E-state index in [1.54, 1.807) is 4.90 Å². The Kier molecular flexibility index (Phi) is 7.99. The molecule has 1 aromatic carbocycles. The van der Waals surface area contributed by atoms with E-state index in [9.17, 15) is 18.8 Å². The molecule has 10 heteroatoms. The smallest absolute Gasteiger partial charge is 0.279 e. The lowest BCUT2D eigenvalue weighted by Crippen LogP contribution is -2.47. The SMILES string of the molecule is C[C@H](Oc1ccc(F)cc1)C(=O)NNC(=O)CCCCN1C(=O)CSC1=S. The van der Waals surface area contributed by atoms with E-state index >= 15 is 0 Å². The van der Waals surface area contributed by atoms with Crippen molar-refractivity contribution in [2.45, 2.75) is 32.3 Å². The zero-order valence-corrected chi connectivity index (χ0v) is 16.3. The molecule has 3 amide bonds. The van der Waals surface area contributed by atoms with Gasteiger partial charge in [-0.15, -0.1) is 0 Å². The highest BCUT2D eigenvalue weighted by atomic mass is 32.2. The van der Waals surface area contributed by atoms with Crippen LogP contribution in [-0.2, 0) is 14.4 Å². The molecule has 0 unspecified atom stereocenters. The first kappa shape index (κ1) is 21.1. The van der Waals surface area contributed by atoms with Crippen LogP contribution in [0.5, 0.6) is 5.75 Å². The van der Waals surface area contributed by atoms with Crippen molar-refractivity contribution in [3.63, 3.8) is 0 Å². The van der Waals surface area contributed by atoms with E-state index < -0.39 is 17.8 Å². The Morgan fingerprint density at radius 3 is 2.63 bits per heavy atom. The fourth-order valence-corrected chi connectivity index (χ4v) is 3.34. The molecule has 0 bridgehead atoms. The number of nitrogens with zero attached hydrogens (tertiary/aromatic N) is 1. The highest BCUT2D eigenvalue weighted by Gasteiger charge is 2.25. The first-order valence-electron chi connectivity index (χ1n) is 8.35. The van der Waals surface area contributed by atoms with E-state index in [1.807, 2.05) is 0 Å². The lowest BCUT2D eigenvalue weighted by Gasteiger charge is -2.16. The predicted octanol–water partition coefficient (Wildman–Crippen LogP) is 1.77. The van der Waals surface area contributed by atoms with Gasteiger partial charge in [-0.05, 0) is 44.0 Å². The summed E-state index contributed by atoms with van der Waals surface area (Å²) in [6.45, 7) is 2.01. The Balaban J connectivity index is 1.61. The maximum atomic E-state index is 12.8. The number of thioether (sulfide) groups is 1. The fourth-order valence-electron chi connectivity index (χ4n) is 2.22. The molecule has 1 fully saturated rings. The molecular weight excluding hydrogens is 393 g/mol. The van der Waals surface area contributed by atoms with Crippen molar-refractivity contribution in [1.29, 1.82) is 0 Å². The summed E-state index contributed by atoms with van der Waals surface area (Å²) in [4.78, 5) is 36.8. The van der Waals surface area contributed by atoms with Gasteiger partial charge in [-0.1, -0.05) is 24.0 Å². The van der Waals surface area contributed by atoms with E-state index in [-0.39, 0.29) is 18.2 Å². The van der Waals surface area contributed by atoms with Gasteiger partial charge in [0, 0.05) is 13.0 Å². The van der Waals surface area contributed by atoms with Gasteiger partial charge in [0.25, 0.3) is 5.91 Å². The molecule has 0 radical (unpaired) electrons. The van der Waals surface area contributed by atoms with Crippen molar-refractivity contribution in [3.8, 4) is 5.75 Å². The average Bonchev–Trinajstić information content (AvgIpc) is 2.96. The van der Waals surface area contributed by atoms with Crippen LogP contribution < -0.4 is 15.6 Å². The third-order valence-corrected chi connectivity index (χ3v) is 5.13. The topological polar surface area (TPSA) is 87.7 Å². The molecule has 0 aromatic heterocycles. The Hall–Kier alpha value is -2.20. The van der Waals surface area contributed by atoms with Gasteiger partial charge in [0.2, 0.25) is 11.8 Å². The third kappa shape index (κ3) is 6.79. The van der Waals surface area contributed by atoms with Gasteiger partial charge < -0.3 is 4.74 Å². The molecule has 0 aliphatic carbocycles. The summed E-state index contributed by atoms with van der Waals surface area (Å²) < 4.78 is 18.8. The lowest BCUT2D eigenvalue weighted by atomic mass is 10.2. The van der Waals surface area contributed by atoms with Gasteiger partial charge in [-0.25, -0.2) is 4.39 Å². The number of hydrogen-bond donors (Lipinski definition) is 2. The predicted molar refractivity (Wildman–Crippen MR) is 103 cm³/mol. The van der Waals surface area contributed by atoms with E-state index in [0.29, 0.717) is 35.2 Å². The van der Waals surface area contributed by atoms with Gasteiger partial charge >= 0.3 is 0 Å². The Morgan fingerprint density at radius 1 is 1.30 bits per heavy atom. The molecule has 0 spiro atoms. The molecule has 0 saturated carbocycles. The highest BCUT2D eigenvalue weighted by molar-refractivity contribution is 8.23. The zero-order valence-electron chi connectivity index (χ0n) is 14.7. The van der Waals surface area contributed by atoms with Crippen LogP contribution in [0.25, 0.3) is 0 Å². The van der Waals surface area contributed by atoms with Crippen LogP contribution in [0.15, 0.2) is 24.3 Å². The first-order chi connectivity index (χ1) is 12.9. The second-order valence-electron chi connectivity index (χ2n) is 5.81. The Bertz CT molecular complexity index is 699. The summed E-state index contributed by atoms with van der Waals surface area (Å²) in [5.41, 5.74) is 4.60. The summed E-state index contributed by atoms with van der Waals surface area (Å²) in [5.74, 6) is -0.556. The number of rotatable bonds is 8. The summed E-state index contributed by atoms with van der Waals surface area (Å²) in [6, 6.07) is 5.27. The largest absolute Gasteiger partial charge is 0.481 e. The number of unbranched alkanes of at least 4 members (excludes halogenated alkanes) is 1. The minimum absolute atomic E-state index is 0.00291. The van der Waals surface area contributed by atoms with Crippen molar-refractivity contribution in [3.05, 3.63) is 30.1 Å². The minimum atomic E-state index is -0.865. The zero-order chi connectivity index (χ0) is 19.8. The highest BCUT2D eigenvalue weighted by Crippen LogP contribution is 2.19. The number of halogens is 1. The average molecular weight is 413 g/mol. The van der Waals surface area contributed by atoms with Crippen LogP contribution in [0.1, 0.15) is 26.2 Å². The van der Waals surface area contributed by atoms with E-state index in [4.69, 9.17) is 17.0 Å². The van der Waals surface area contributed by atoms with Crippen molar-refractivity contribution >= 4 is 46.0 Å². The molecule has 146 valence electrons. The van der Waals surface area contributed by atoms with Gasteiger partial charge in [0.15, 0.2) is 6.10 Å². The molecule has 2 N–H and O–H groups in total. The maximum absolute atomic E-state index is 12.8. The monoisotopic (exact) mass is 413 g/mol. The molecule has 1 aromatic rings. The molecular formula is C17H20FN3O4S2. The number of thiocarbonyl (C=S) groups is 1. The van der Waals surface area contributed by atoms with Gasteiger partial charge in [0.1, 0.15) is 15.9 Å². The number of ether oxygens (including phenoxy) is 1. The quantitative estimate of drug-likeness (QED) is 0.384. The second kappa shape index (κ2) is 10.2. The Labute approximate surface area is 166 Å². The molecule has 27 heavy (non-hydrogen) atoms.